The van der Waals surface area contributed by atoms with E-state index in [1.165, 1.54) is 4.68 Å². The van der Waals surface area contributed by atoms with E-state index in [0.717, 1.165) is 5.39 Å². The summed E-state index contributed by atoms with van der Waals surface area (Å²) >= 11 is 0. The van der Waals surface area contributed by atoms with Gasteiger partial charge in [0.2, 0.25) is 0 Å². The fraction of sp³-hybridized carbons (Fsp3) is 0.154. The van der Waals surface area contributed by atoms with Gasteiger partial charge in [0.25, 0.3) is 5.56 Å². The van der Waals surface area contributed by atoms with Crippen LogP contribution in [0.1, 0.15) is 0 Å². The Labute approximate surface area is 108 Å². The lowest BCUT2D eigenvalue weighted by Crippen LogP contribution is -2.23. The maximum absolute atomic E-state index is 12.5. The number of hydrogen-bond donors (Lipinski definition) is 0. The van der Waals surface area contributed by atoms with E-state index in [4.69, 9.17) is 4.74 Å². The third-order valence-corrected chi connectivity index (χ3v) is 3.01. The second-order valence-corrected chi connectivity index (χ2v) is 4.13. The second kappa shape index (κ2) is 4.24. The van der Waals surface area contributed by atoms with Crippen LogP contribution >= 0.6 is 0 Å². The first-order valence-electron chi connectivity index (χ1n) is 5.75. The van der Waals surface area contributed by atoms with Gasteiger partial charge in [0.15, 0.2) is 5.82 Å². The molecule has 19 heavy (non-hydrogen) atoms. The van der Waals surface area contributed by atoms with Crippen molar-refractivity contribution in [3.63, 3.8) is 0 Å². The van der Waals surface area contributed by atoms with Crippen LogP contribution in [-0.4, -0.2) is 26.7 Å². The van der Waals surface area contributed by atoms with Crippen LogP contribution in [-0.2, 0) is 7.05 Å². The van der Waals surface area contributed by atoms with E-state index >= 15 is 0 Å². The molecule has 0 saturated carbocycles. The molecule has 0 aliphatic heterocycles. The van der Waals surface area contributed by atoms with Crippen LogP contribution in [0.2, 0.25) is 0 Å². The van der Waals surface area contributed by atoms with Crippen LogP contribution in [0.5, 0.6) is 5.75 Å². The zero-order valence-corrected chi connectivity index (χ0v) is 10.6. The topological polar surface area (TPSA) is 61.9 Å². The summed E-state index contributed by atoms with van der Waals surface area (Å²) in [7, 11) is 3.33. The molecule has 0 aliphatic carbocycles. The van der Waals surface area contributed by atoms with E-state index < -0.39 is 0 Å². The largest absolute Gasteiger partial charge is 0.497 e. The Hall–Kier alpha value is -2.63. The van der Waals surface area contributed by atoms with E-state index in [1.807, 2.05) is 6.07 Å². The summed E-state index contributed by atoms with van der Waals surface area (Å²) in [6.07, 6.45) is 3.28. The molecule has 0 spiro atoms. The molecular formula is C13H12N4O2. The predicted molar refractivity (Wildman–Crippen MR) is 70.7 cm³/mol. The van der Waals surface area contributed by atoms with Crippen molar-refractivity contribution in [1.29, 1.82) is 0 Å². The number of aromatic nitrogens is 4. The smallest absolute Gasteiger partial charge is 0.280 e. The molecule has 0 aliphatic rings. The molecule has 0 atom stereocenters. The van der Waals surface area contributed by atoms with Crippen LogP contribution in [0.4, 0.5) is 0 Å². The molecule has 2 aromatic heterocycles. The minimum Gasteiger partial charge on any atom is -0.497 e. The average Bonchev–Trinajstić information content (AvgIpc) is 2.85. The summed E-state index contributed by atoms with van der Waals surface area (Å²) in [5, 5.41) is 9.55. The van der Waals surface area contributed by atoms with Gasteiger partial charge in [-0.25, -0.2) is 0 Å². The first-order valence-corrected chi connectivity index (χ1v) is 5.75. The van der Waals surface area contributed by atoms with E-state index in [9.17, 15) is 4.79 Å². The second-order valence-electron chi connectivity index (χ2n) is 4.13. The summed E-state index contributed by atoms with van der Waals surface area (Å²) < 4.78 is 8.07. The number of fused-ring (bicyclic) bond motifs is 1. The Morgan fingerprint density at radius 2 is 2.05 bits per heavy atom. The molecular weight excluding hydrogens is 244 g/mol. The number of aryl methyl sites for hydroxylation is 1. The van der Waals surface area contributed by atoms with Crippen molar-refractivity contribution in [2.75, 3.05) is 7.11 Å². The lowest BCUT2D eigenvalue weighted by molar-refractivity contribution is 0.415. The predicted octanol–water partition coefficient (Wildman–Crippen LogP) is 1.13. The van der Waals surface area contributed by atoms with Gasteiger partial charge in [0.05, 0.1) is 24.9 Å². The number of nitrogens with zero attached hydrogens (tertiary/aromatic N) is 4. The Morgan fingerprint density at radius 3 is 2.74 bits per heavy atom. The summed E-state index contributed by atoms with van der Waals surface area (Å²) in [5.74, 6) is 1.27. The molecule has 0 bridgehead atoms. The van der Waals surface area contributed by atoms with Crippen molar-refractivity contribution in [1.82, 2.24) is 19.6 Å². The minimum absolute atomic E-state index is 0.194. The monoisotopic (exact) mass is 256 g/mol. The quantitative estimate of drug-likeness (QED) is 0.689. The summed E-state index contributed by atoms with van der Waals surface area (Å²) in [6, 6.07) is 7.07. The molecule has 6 nitrogen and oxygen atoms in total. The SMILES string of the molecule is COc1ccc2cnn(-c3ccnn3C)c(=O)c2c1. The highest BCUT2D eigenvalue weighted by molar-refractivity contribution is 5.82. The Balaban J connectivity index is 2.31. The summed E-state index contributed by atoms with van der Waals surface area (Å²) in [4.78, 5) is 12.5. The van der Waals surface area contributed by atoms with Crippen LogP contribution in [0.15, 0.2) is 41.5 Å². The van der Waals surface area contributed by atoms with E-state index in [1.54, 1.807) is 49.4 Å². The van der Waals surface area contributed by atoms with Gasteiger partial charge in [-0.1, -0.05) is 0 Å². The highest BCUT2D eigenvalue weighted by Gasteiger charge is 2.09. The van der Waals surface area contributed by atoms with Crippen molar-refractivity contribution in [2.45, 2.75) is 0 Å². The average molecular weight is 256 g/mol. The van der Waals surface area contributed by atoms with E-state index in [-0.39, 0.29) is 5.56 Å². The first kappa shape index (κ1) is 11.5. The Bertz CT molecular complexity index is 804. The van der Waals surface area contributed by atoms with Crippen LogP contribution in [0, 0.1) is 0 Å². The minimum atomic E-state index is -0.194. The molecule has 6 heteroatoms. The molecule has 3 rings (SSSR count). The highest BCUT2D eigenvalue weighted by Crippen LogP contribution is 2.17. The van der Waals surface area contributed by atoms with Gasteiger partial charge in [-0.05, 0) is 18.2 Å². The number of ether oxygens (including phenoxy) is 1. The van der Waals surface area contributed by atoms with Crippen molar-refractivity contribution in [3.05, 3.63) is 47.0 Å². The van der Waals surface area contributed by atoms with Gasteiger partial charge in [0, 0.05) is 18.5 Å². The lowest BCUT2D eigenvalue weighted by atomic mass is 10.2. The molecule has 2 heterocycles. The summed E-state index contributed by atoms with van der Waals surface area (Å²) in [6.45, 7) is 0. The molecule has 1 aromatic carbocycles. The van der Waals surface area contributed by atoms with Gasteiger partial charge in [-0.15, -0.1) is 0 Å². The van der Waals surface area contributed by atoms with Gasteiger partial charge >= 0.3 is 0 Å². The van der Waals surface area contributed by atoms with Crippen LogP contribution in [0.3, 0.4) is 0 Å². The van der Waals surface area contributed by atoms with Gasteiger partial charge < -0.3 is 4.74 Å². The van der Waals surface area contributed by atoms with E-state index in [2.05, 4.69) is 10.2 Å². The normalized spacial score (nSPS) is 10.8. The third-order valence-electron chi connectivity index (χ3n) is 3.01. The summed E-state index contributed by atoms with van der Waals surface area (Å²) in [5.41, 5.74) is -0.194. The molecule has 0 N–H and O–H groups in total. The third kappa shape index (κ3) is 1.77. The number of rotatable bonds is 2. The highest BCUT2D eigenvalue weighted by atomic mass is 16.5. The fourth-order valence-electron chi connectivity index (χ4n) is 1.98. The number of benzene rings is 1. The molecule has 96 valence electrons. The molecule has 0 unspecified atom stereocenters. The molecule has 0 saturated heterocycles. The van der Waals surface area contributed by atoms with E-state index in [0.29, 0.717) is 17.0 Å². The fourth-order valence-corrected chi connectivity index (χ4v) is 1.98. The first-order chi connectivity index (χ1) is 9.20. The van der Waals surface area contributed by atoms with Crippen LogP contribution in [0.25, 0.3) is 16.6 Å². The Morgan fingerprint density at radius 1 is 1.21 bits per heavy atom. The van der Waals surface area contributed by atoms with Crippen molar-refractivity contribution >= 4 is 10.8 Å². The zero-order valence-electron chi connectivity index (χ0n) is 10.6. The Kier molecular flexibility index (Phi) is 2.56. The molecule has 3 aromatic rings. The van der Waals surface area contributed by atoms with Crippen molar-refractivity contribution < 1.29 is 4.74 Å². The van der Waals surface area contributed by atoms with Crippen LogP contribution < -0.4 is 10.3 Å². The maximum Gasteiger partial charge on any atom is 0.280 e. The molecule has 0 fully saturated rings. The molecule has 0 radical (unpaired) electrons. The van der Waals surface area contributed by atoms with Crippen molar-refractivity contribution in [3.8, 4) is 11.6 Å². The standard InChI is InChI=1S/C13H12N4O2/c1-16-12(5-6-14-16)17-13(18)11-7-10(19-2)4-3-9(11)8-15-17/h3-8H,1-2H3. The van der Waals surface area contributed by atoms with Gasteiger partial charge in [-0.2, -0.15) is 14.9 Å². The lowest BCUT2D eigenvalue weighted by Gasteiger charge is -2.06. The van der Waals surface area contributed by atoms with Gasteiger partial charge in [0.1, 0.15) is 5.75 Å². The zero-order chi connectivity index (χ0) is 13.4. The maximum atomic E-state index is 12.5. The molecule has 0 amide bonds. The van der Waals surface area contributed by atoms with Crippen molar-refractivity contribution in [2.24, 2.45) is 7.05 Å². The number of methoxy groups -OCH3 is 1. The number of hydrogen-bond acceptors (Lipinski definition) is 4. The van der Waals surface area contributed by atoms with Gasteiger partial charge in [-0.3, -0.25) is 9.48 Å².